The molecule has 0 heterocycles. The van der Waals surface area contributed by atoms with Gasteiger partial charge in [0.15, 0.2) is 0 Å². The van der Waals surface area contributed by atoms with Gasteiger partial charge < -0.3 is 5.32 Å². The Labute approximate surface area is 115 Å². The summed E-state index contributed by atoms with van der Waals surface area (Å²) in [6.45, 7) is 7.39. The lowest BCUT2D eigenvalue weighted by Crippen LogP contribution is -2.29. The van der Waals surface area contributed by atoms with Crippen molar-refractivity contribution in [3.8, 4) is 0 Å². The number of rotatable bonds is 7. The van der Waals surface area contributed by atoms with Crippen LogP contribution in [-0.4, -0.2) is 6.54 Å². The third-order valence-corrected chi connectivity index (χ3v) is 3.85. The van der Waals surface area contributed by atoms with E-state index in [-0.39, 0.29) is 16.9 Å². The number of halogens is 2. The summed E-state index contributed by atoms with van der Waals surface area (Å²) in [5, 5.41) is 3.77. The van der Waals surface area contributed by atoms with Crippen molar-refractivity contribution >= 4 is 11.6 Å². The van der Waals surface area contributed by atoms with Crippen LogP contribution in [0.3, 0.4) is 0 Å². The lowest BCUT2D eigenvalue weighted by atomic mass is 9.88. The Bertz CT molecular complexity index is 364. The Balaban J connectivity index is 3.04. The minimum absolute atomic E-state index is 0.142. The molecule has 18 heavy (non-hydrogen) atoms. The molecule has 0 spiro atoms. The van der Waals surface area contributed by atoms with Crippen molar-refractivity contribution in [2.45, 2.75) is 46.1 Å². The van der Waals surface area contributed by atoms with Gasteiger partial charge in [-0.2, -0.15) is 0 Å². The molecule has 0 radical (unpaired) electrons. The Kier molecular flexibility index (Phi) is 6.66. The molecule has 1 nitrogen and oxygen atoms in total. The van der Waals surface area contributed by atoms with Crippen LogP contribution in [0.5, 0.6) is 0 Å². The number of hydrogen-bond acceptors (Lipinski definition) is 1. The summed E-state index contributed by atoms with van der Waals surface area (Å²) in [5.41, 5.74) is 0.888. The van der Waals surface area contributed by atoms with Crippen LogP contribution in [0.4, 0.5) is 4.39 Å². The fourth-order valence-corrected chi connectivity index (χ4v) is 2.59. The largest absolute Gasteiger partial charge is 0.310 e. The zero-order valence-electron chi connectivity index (χ0n) is 11.5. The van der Waals surface area contributed by atoms with Crippen molar-refractivity contribution in [2.75, 3.05) is 6.54 Å². The molecule has 0 saturated carbocycles. The lowest BCUT2D eigenvalue weighted by molar-refractivity contribution is 0.341. The second-order valence-electron chi connectivity index (χ2n) is 4.65. The van der Waals surface area contributed by atoms with Crippen molar-refractivity contribution in [3.05, 3.63) is 34.6 Å². The highest BCUT2D eigenvalue weighted by Gasteiger charge is 2.22. The average Bonchev–Trinajstić information content (AvgIpc) is 2.38. The van der Waals surface area contributed by atoms with E-state index >= 15 is 0 Å². The van der Waals surface area contributed by atoms with Crippen LogP contribution < -0.4 is 5.32 Å². The maximum atomic E-state index is 13.6. The highest BCUT2D eigenvalue weighted by Crippen LogP contribution is 2.33. The molecule has 1 N–H and O–H groups in total. The molecular weight excluding hydrogens is 249 g/mol. The van der Waals surface area contributed by atoms with Crippen molar-refractivity contribution in [1.82, 2.24) is 5.32 Å². The fourth-order valence-electron chi connectivity index (χ4n) is 2.35. The summed E-state index contributed by atoms with van der Waals surface area (Å²) < 4.78 is 13.6. The predicted octanol–water partition coefficient (Wildman–Crippen LogP) is 4.96. The zero-order valence-corrected chi connectivity index (χ0v) is 12.2. The predicted molar refractivity (Wildman–Crippen MR) is 76.5 cm³/mol. The van der Waals surface area contributed by atoms with Gasteiger partial charge in [0.25, 0.3) is 0 Å². The molecule has 3 heteroatoms. The molecule has 0 fully saturated rings. The van der Waals surface area contributed by atoms with E-state index in [2.05, 4.69) is 26.1 Å². The normalized spacial score (nSPS) is 13.0. The number of benzene rings is 1. The minimum Gasteiger partial charge on any atom is -0.310 e. The smallest absolute Gasteiger partial charge is 0.142 e. The maximum absolute atomic E-state index is 13.6. The van der Waals surface area contributed by atoms with Gasteiger partial charge in [-0.05, 0) is 30.5 Å². The van der Waals surface area contributed by atoms with Crippen LogP contribution in [-0.2, 0) is 0 Å². The summed E-state index contributed by atoms with van der Waals surface area (Å²) in [6, 6.07) is 5.22. The van der Waals surface area contributed by atoms with E-state index < -0.39 is 0 Å². The summed E-state index contributed by atoms with van der Waals surface area (Å²) in [6.07, 6.45) is 3.18. The first-order valence-corrected chi connectivity index (χ1v) is 7.20. The molecule has 1 aromatic rings. The molecule has 0 aliphatic carbocycles. The monoisotopic (exact) mass is 271 g/mol. The first-order valence-electron chi connectivity index (χ1n) is 6.82. The van der Waals surface area contributed by atoms with Gasteiger partial charge in [0.2, 0.25) is 0 Å². The van der Waals surface area contributed by atoms with Gasteiger partial charge in [-0.3, -0.25) is 0 Å². The molecule has 0 aromatic heterocycles. The molecule has 102 valence electrons. The second kappa shape index (κ2) is 7.75. The number of hydrogen-bond donors (Lipinski definition) is 1. The molecular formula is C15H23ClFN. The summed E-state index contributed by atoms with van der Waals surface area (Å²) >= 11 is 6.11. The Hall–Kier alpha value is -0.600. The molecule has 0 saturated heterocycles. The van der Waals surface area contributed by atoms with Crippen LogP contribution in [0, 0.1) is 11.7 Å². The van der Waals surface area contributed by atoms with Crippen LogP contribution in [0.15, 0.2) is 18.2 Å². The van der Waals surface area contributed by atoms with Gasteiger partial charge in [-0.1, -0.05) is 57.3 Å². The molecule has 0 aliphatic heterocycles. The van der Waals surface area contributed by atoms with Crippen LogP contribution >= 0.6 is 11.6 Å². The van der Waals surface area contributed by atoms with Crippen molar-refractivity contribution in [2.24, 2.45) is 5.92 Å². The topological polar surface area (TPSA) is 12.0 Å². The minimum atomic E-state index is -0.330. The van der Waals surface area contributed by atoms with Gasteiger partial charge in [0, 0.05) is 6.04 Å². The average molecular weight is 272 g/mol. The molecule has 0 aliphatic rings. The Morgan fingerprint density at radius 3 is 2.44 bits per heavy atom. The first kappa shape index (κ1) is 15.5. The lowest BCUT2D eigenvalue weighted by Gasteiger charge is -2.27. The summed E-state index contributed by atoms with van der Waals surface area (Å²) in [7, 11) is 0. The Morgan fingerprint density at radius 2 is 1.89 bits per heavy atom. The van der Waals surface area contributed by atoms with Gasteiger partial charge in [0.1, 0.15) is 5.82 Å². The van der Waals surface area contributed by atoms with Crippen LogP contribution in [0.25, 0.3) is 0 Å². The van der Waals surface area contributed by atoms with E-state index in [4.69, 9.17) is 11.6 Å². The van der Waals surface area contributed by atoms with Crippen molar-refractivity contribution in [1.29, 1.82) is 0 Å². The van der Waals surface area contributed by atoms with E-state index in [1.807, 2.05) is 6.07 Å². The third-order valence-electron chi connectivity index (χ3n) is 3.45. The van der Waals surface area contributed by atoms with Gasteiger partial charge >= 0.3 is 0 Å². The standard InChI is InChI=1S/C15H23ClFN/c1-4-10-18-15(11(5-2)6-3)12-8-7-9-13(17)14(12)16/h7-9,11,15,18H,4-6,10H2,1-3H3. The quantitative estimate of drug-likeness (QED) is 0.739. The Morgan fingerprint density at radius 1 is 1.22 bits per heavy atom. The van der Waals surface area contributed by atoms with Crippen LogP contribution in [0.1, 0.15) is 51.6 Å². The first-order chi connectivity index (χ1) is 8.65. The molecule has 1 atom stereocenters. The highest BCUT2D eigenvalue weighted by atomic mass is 35.5. The molecule has 1 aromatic carbocycles. The maximum Gasteiger partial charge on any atom is 0.142 e. The summed E-state index contributed by atoms with van der Waals surface area (Å²) in [5.74, 6) is 0.152. The third kappa shape index (κ3) is 3.69. The second-order valence-corrected chi connectivity index (χ2v) is 5.03. The van der Waals surface area contributed by atoms with E-state index in [9.17, 15) is 4.39 Å². The zero-order chi connectivity index (χ0) is 13.5. The van der Waals surface area contributed by atoms with E-state index in [0.29, 0.717) is 5.92 Å². The molecule has 1 rings (SSSR count). The molecule has 0 bridgehead atoms. The van der Waals surface area contributed by atoms with E-state index in [1.165, 1.54) is 6.07 Å². The molecule has 0 amide bonds. The van der Waals surface area contributed by atoms with Gasteiger partial charge in [-0.25, -0.2) is 4.39 Å². The highest BCUT2D eigenvalue weighted by molar-refractivity contribution is 6.31. The van der Waals surface area contributed by atoms with Crippen molar-refractivity contribution in [3.63, 3.8) is 0 Å². The number of nitrogens with one attached hydrogen (secondary N) is 1. The molecule has 1 unspecified atom stereocenters. The van der Waals surface area contributed by atoms with Crippen LogP contribution in [0.2, 0.25) is 5.02 Å². The van der Waals surface area contributed by atoms with E-state index in [1.54, 1.807) is 6.07 Å². The fraction of sp³-hybridized carbons (Fsp3) is 0.600. The van der Waals surface area contributed by atoms with Gasteiger partial charge in [-0.15, -0.1) is 0 Å². The SMILES string of the molecule is CCCNC(c1cccc(F)c1Cl)C(CC)CC. The summed E-state index contributed by atoms with van der Waals surface area (Å²) in [4.78, 5) is 0. The van der Waals surface area contributed by atoms with Gasteiger partial charge in [0.05, 0.1) is 5.02 Å². The van der Waals surface area contributed by atoms with Crippen molar-refractivity contribution < 1.29 is 4.39 Å². The van der Waals surface area contributed by atoms with E-state index in [0.717, 1.165) is 31.4 Å².